The number of anilines is 1. The highest BCUT2D eigenvalue weighted by Gasteiger charge is 2.34. The van der Waals surface area contributed by atoms with Crippen LogP contribution in [-0.2, 0) is 13.9 Å². The molecule has 0 spiro atoms. The van der Waals surface area contributed by atoms with Crippen molar-refractivity contribution in [1.82, 2.24) is 0 Å². The Hall–Kier alpha value is -1.65. The van der Waals surface area contributed by atoms with E-state index in [1.165, 1.54) is 0 Å². The highest BCUT2D eigenvalue weighted by molar-refractivity contribution is 7.57. The molecule has 38 heavy (non-hydrogen) atoms. The van der Waals surface area contributed by atoms with Crippen LogP contribution < -0.4 is 4.90 Å². The van der Waals surface area contributed by atoms with E-state index in [4.69, 9.17) is 4.52 Å². The van der Waals surface area contributed by atoms with Crippen molar-refractivity contribution in [1.29, 1.82) is 0 Å². The second kappa shape index (κ2) is 14.1. The van der Waals surface area contributed by atoms with Crippen LogP contribution in [0.4, 0.5) is 5.69 Å². The Labute approximate surface area is 232 Å². The number of rotatable bonds is 12. The second-order valence-electron chi connectivity index (χ2n) is 11.8. The number of aliphatic hydroxyl groups excluding tert-OH is 1. The molecular formula is C29H46NO6PS. The van der Waals surface area contributed by atoms with Crippen molar-refractivity contribution in [2.45, 2.75) is 98.1 Å². The molecule has 1 heterocycles. The molecule has 0 saturated heterocycles. The van der Waals surface area contributed by atoms with Crippen LogP contribution in [0, 0.1) is 29.1 Å². The summed E-state index contributed by atoms with van der Waals surface area (Å²) < 4.78 is 17.2. The number of aliphatic hydroxyl groups is 1. The number of carboxylic acid groups (broad SMARTS) is 1. The van der Waals surface area contributed by atoms with Gasteiger partial charge in [0, 0.05) is 30.7 Å². The summed E-state index contributed by atoms with van der Waals surface area (Å²) in [4.78, 5) is 28.5. The first kappa shape index (κ1) is 32.6. The van der Waals surface area contributed by atoms with Gasteiger partial charge in [0.15, 0.2) is 7.37 Å². The van der Waals surface area contributed by atoms with E-state index < -0.39 is 24.9 Å². The van der Waals surface area contributed by atoms with Crippen LogP contribution in [0.1, 0.15) is 101 Å². The van der Waals surface area contributed by atoms with Gasteiger partial charge in [-0.3, -0.25) is 9.36 Å². The van der Waals surface area contributed by atoms with Crippen molar-refractivity contribution in [3.05, 3.63) is 15.8 Å². The molecule has 1 fully saturated rings. The van der Waals surface area contributed by atoms with E-state index in [0.29, 0.717) is 48.8 Å². The lowest BCUT2D eigenvalue weighted by Crippen LogP contribution is -2.44. The van der Waals surface area contributed by atoms with Gasteiger partial charge in [0.05, 0.1) is 23.3 Å². The predicted molar refractivity (Wildman–Crippen MR) is 156 cm³/mol. The molecule has 1 aliphatic carbocycles. The quantitative estimate of drug-likeness (QED) is 0.211. The Balaban J connectivity index is 2.39. The SMILES string of the molecule is CC[C@@H](O)CC[C@@H](C)N(C(=O)C1CCC(C)CC1)c1cc(C#CC(C)(C)CCOP(C)(C)=O)sc1C(=O)O. The third kappa shape index (κ3) is 10.2. The fraction of sp³-hybridized carbons (Fsp3) is 0.724. The van der Waals surface area contributed by atoms with Crippen LogP contribution in [0.3, 0.4) is 0 Å². The maximum atomic E-state index is 13.9. The van der Waals surface area contributed by atoms with Gasteiger partial charge in [-0.25, -0.2) is 4.79 Å². The van der Waals surface area contributed by atoms with Crippen LogP contribution in [0.25, 0.3) is 0 Å². The molecule has 0 aromatic carbocycles. The van der Waals surface area contributed by atoms with Gasteiger partial charge in [-0.2, -0.15) is 0 Å². The molecule has 0 radical (unpaired) electrons. The minimum absolute atomic E-state index is 0.0313. The Bertz CT molecular complexity index is 1060. The third-order valence-electron chi connectivity index (χ3n) is 7.25. The number of carbonyl (C=O) groups is 2. The number of carbonyl (C=O) groups excluding carboxylic acids is 1. The zero-order valence-electron chi connectivity index (χ0n) is 24.1. The standard InChI is InChI=1S/C29H46NO6PS/c1-8-23(31)14-11-21(3)30(27(32)22-12-9-20(2)10-13-22)25-19-24(38-26(25)28(33)34)15-16-29(4,5)17-18-36-37(6,7)35/h19-23,31H,8-14,17-18H2,1-7H3,(H,33,34)/t20?,21-,22?,23-/m1/s1. The molecular weight excluding hydrogens is 521 g/mol. The largest absolute Gasteiger partial charge is 0.477 e. The van der Waals surface area contributed by atoms with Crippen LogP contribution >= 0.6 is 18.7 Å². The first-order valence-corrected chi connectivity index (χ1v) is 17.1. The summed E-state index contributed by atoms with van der Waals surface area (Å²) in [7, 11) is -2.57. The highest BCUT2D eigenvalue weighted by Crippen LogP contribution is 2.39. The number of aromatic carboxylic acids is 1. The van der Waals surface area contributed by atoms with Crippen molar-refractivity contribution in [2.24, 2.45) is 17.3 Å². The minimum Gasteiger partial charge on any atom is -0.477 e. The molecule has 2 atom stereocenters. The Kier molecular flexibility index (Phi) is 12.1. The van der Waals surface area contributed by atoms with E-state index in [1.807, 2.05) is 27.7 Å². The maximum Gasteiger partial charge on any atom is 0.348 e. The van der Waals surface area contributed by atoms with E-state index in [9.17, 15) is 24.4 Å². The molecule has 2 rings (SSSR count). The van der Waals surface area contributed by atoms with E-state index in [2.05, 4.69) is 18.8 Å². The topological polar surface area (TPSA) is 104 Å². The van der Waals surface area contributed by atoms with E-state index in [1.54, 1.807) is 24.3 Å². The lowest BCUT2D eigenvalue weighted by atomic mass is 9.82. The number of nitrogens with zero attached hydrogens (tertiary/aromatic N) is 1. The summed E-state index contributed by atoms with van der Waals surface area (Å²) in [6.45, 7) is 13.5. The number of amides is 1. The molecule has 0 unspecified atom stereocenters. The Morgan fingerprint density at radius 3 is 2.42 bits per heavy atom. The molecule has 7 nitrogen and oxygen atoms in total. The normalized spacial score (nSPS) is 19.8. The van der Waals surface area contributed by atoms with Gasteiger partial charge in [-0.1, -0.05) is 25.7 Å². The zero-order valence-corrected chi connectivity index (χ0v) is 25.8. The number of hydrogen-bond acceptors (Lipinski definition) is 6. The molecule has 1 aliphatic rings. The smallest absolute Gasteiger partial charge is 0.348 e. The van der Waals surface area contributed by atoms with Crippen molar-refractivity contribution >= 4 is 36.3 Å². The van der Waals surface area contributed by atoms with E-state index in [0.717, 1.165) is 37.0 Å². The predicted octanol–water partition coefficient (Wildman–Crippen LogP) is 6.87. The molecule has 1 amide bonds. The van der Waals surface area contributed by atoms with Crippen molar-refractivity contribution in [3.8, 4) is 11.8 Å². The van der Waals surface area contributed by atoms with Gasteiger partial charge in [0.2, 0.25) is 5.91 Å². The fourth-order valence-corrected chi connectivity index (χ4v) is 6.01. The van der Waals surface area contributed by atoms with Crippen LogP contribution in [0.5, 0.6) is 0 Å². The van der Waals surface area contributed by atoms with Gasteiger partial charge in [-0.15, -0.1) is 11.3 Å². The number of hydrogen-bond donors (Lipinski definition) is 2. The molecule has 0 bridgehead atoms. The minimum atomic E-state index is -2.57. The Morgan fingerprint density at radius 2 is 1.87 bits per heavy atom. The molecule has 1 aromatic heterocycles. The average Bonchev–Trinajstić information content (AvgIpc) is 3.25. The van der Waals surface area contributed by atoms with E-state index >= 15 is 0 Å². The average molecular weight is 568 g/mol. The van der Waals surface area contributed by atoms with Gasteiger partial charge >= 0.3 is 5.97 Å². The second-order valence-corrected chi connectivity index (χ2v) is 15.6. The summed E-state index contributed by atoms with van der Waals surface area (Å²) >= 11 is 1.08. The summed E-state index contributed by atoms with van der Waals surface area (Å²) in [5, 5.41) is 20.2. The molecule has 9 heteroatoms. The summed E-state index contributed by atoms with van der Waals surface area (Å²) in [6, 6.07) is 1.47. The highest BCUT2D eigenvalue weighted by atomic mass is 32.1. The molecule has 214 valence electrons. The summed E-state index contributed by atoms with van der Waals surface area (Å²) in [5.74, 6) is 5.70. The summed E-state index contributed by atoms with van der Waals surface area (Å²) in [5.41, 5.74) is -0.0337. The van der Waals surface area contributed by atoms with Crippen LogP contribution in [-0.4, -0.2) is 54.2 Å². The van der Waals surface area contributed by atoms with Crippen LogP contribution in [0.2, 0.25) is 0 Å². The zero-order chi connectivity index (χ0) is 28.7. The van der Waals surface area contributed by atoms with Gasteiger partial charge in [0.1, 0.15) is 4.88 Å². The number of thiophene rings is 1. The molecule has 0 aliphatic heterocycles. The fourth-order valence-electron chi connectivity index (χ4n) is 4.63. The Morgan fingerprint density at radius 1 is 1.24 bits per heavy atom. The van der Waals surface area contributed by atoms with E-state index in [-0.39, 0.29) is 22.7 Å². The van der Waals surface area contributed by atoms with Gasteiger partial charge in [0.25, 0.3) is 0 Å². The monoisotopic (exact) mass is 567 g/mol. The van der Waals surface area contributed by atoms with Gasteiger partial charge < -0.3 is 19.6 Å². The molecule has 1 saturated carbocycles. The lowest BCUT2D eigenvalue weighted by molar-refractivity contribution is -0.124. The van der Waals surface area contributed by atoms with Crippen molar-refractivity contribution < 1.29 is 28.9 Å². The van der Waals surface area contributed by atoms with Gasteiger partial charge in [-0.05, 0) is 84.1 Å². The number of carboxylic acids is 1. The first-order valence-electron chi connectivity index (χ1n) is 13.7. The van der Waals surface area contributed by atoms with Crippen LogP contribution in [0.15, 0.2) is 6.07 Å². The first-order chi connectivity index (χ1) is 17.6. The molecule has 2 N–H and O–H groups in total. The molecule has 1 aromatic rings. The lowest BCUT2D eigenvalue weighted by Gasteiger charge is -2.35. The van der Waals surface area contributed by atoms with Crippen molar-refractivity contribution in [2.75, 3.05) is 24.8 Å². The summed E-state index contributed by atoms with van der Waals surface area (Å²) in [6.07, 6.45) is 5.47. The van der Waals surface area contributed by atoms with Crippen molar-refractivity contribution in [3.63, 3.8) is 0 Å². The third-order valence-corrected chi connectivity index (χ3v) is 9.08. The maximum absolute atomic E-state index is 13.9.